The van der Waals surface area contributed by atoms with Gasteiger partial charge in [-0.2, -0.15) is 0 Å². The van der Waals surface area contributed by atoms with Crippen molar-refractivity contribution in [3.8, 4) is 0 Å². The summed E-state index contributed by atoms with van der Waals surface area (Å²) in [4.78, 5) is 13.7. The summed E-state index contributed by atoms with van der Waals surface area (Å²) in [5.41, 5.74) is 0.781. The number of rotatable bonds is 3. The smallest absolute Gasteiger partial charge is 0.179 e. The van der Waals surface area contributed by atoms with E-state index in [-0.39, 0.29) is 24.2 Å². The molecule has 0 radical (unpaired) electrons. The van der Waals surface area contributed by atoms with Crippen LogP contribution in [0.5, 0.6) is 0 Å². The summed E-state index contributed by atoms with van der Waals surface area (Å²) in [6, 6.07) is 9.33. The number of hydrogen-bond donors (Lipinski definition) is 0. The normalized spacial score (nSPS) is 12.0. The standard InChI is InChI=1S/C11H15NO.ClH/c1-9(12(2)3)11(13)10-7-5-4-6-8-10;/h4-9H,1-3H3;1H/t9-;/m1./s1. The lowest BCUT2D eigenvalue weighted by Crippen LogP contribution is -2.32. The van der Waals surface area contributed by atoms with E-state index in [1.165, 1.54) is 0 Å². The van der Waals surface area contributed by atoms with Crippen LogP contribution in [0.4, 0.5) is 0 Å². The Morgan fingerprint density at radius 1 is 1.21 bits per heavy atom. The summed E-state index contributed by atoms with van der Waals surface area (Å²) in [6.07, 6.45) is 0. The molecule has 1 atom stereocenters. The second kappa shape index (κ2) is 5.78. The van der Waals surface area contributed by atoms with Crippen molar-refractivity contribution in [3.63, 3.8) is 0 Å². The molecular formula is C11H16ClNO. The van der Waals surface area contributed by atoms with Gasteiger partial charge in [-0.05, 0) is 21.0 Å². The molecule has 0 spiro atoms. The zero-order valence-corrected chi connectivity index (χ0v) is 9.54. The highest BCUT2D eigenvalue weighted by atomic mass is 35.5. The van der Waals surface area contributed by atoms with Crippen LogP contribution in [0.2, 0.25) is 0 Å². The third-order valence-electron chi connectivity index (χ3n) is 2.21. The molecule has 1 aromatic carbocycles. The van der Waals surface area contributed by atoms with Crippen LogP contribution in [0.25, 0.3) is 0 Å². The largest absolute Gasteiger partial charge is 0.300 e. The van der Waals surface area contributed by atoms with E-state index in [0.29, 0.717) is 0 Å². The van der Waals surface area contributed by atoms with Gasteiger partial charge in [-0.3, -0.25) is 9.69 Å². The Morgan fingerprint density at radius 3 is 2.14 bits per heavy atom. The van der Waals surface area contributed by atoms with Crippen molar-refractivity contribution >= 4 is 18.2 Å². The first-order valence-electron chi connectivity index (χ1n) is 4.38. The topological polar surface area (TPSA) is 20.3 Å². The van der Waals surface area contributed by atoms with Gasteiger partial charge in [0.1, 0.15) is 0 Å². The average Bonchev–Trinajstić information content (AvgIpc) is 2.17. The molecule has 14 heavy (non-hydrogen) atoms. The number of hydrogen-bond acceptors (Lipinski definition) is 2. The number of carbonyl (C=O) groups is 1. The van der Waals surface area contributed by atoms with E-state index >= 15 is 0 Å². The van der Waals surface area contributed by atoms with Crippen LogP contribution in [0.1, 0.15) is 17.3 Å². The van der Waals surface area contributed by atoms with Gasteiger partial charge in [0.2, 0.25) is 0 Å². The molecule has 3 heteroatoms. The number of nitrogens with zero attached hydrogens (tertiary/aromatic N) is 1. The van der Waals surface area contributed by atoms with Crippen LogP contribution in [0, 0.1) is 0 Å². The second-order valence-corrected chi connectivity index (χ2v) is 3.37. The molecule has 0 unspecified atom stereocenters. The van der Waals surface area contributed by atoms with Crippen molar-refractivity contribution in [2.45, 2.75) is 13.0 Å². The number of benzene rings is 1. The molecule has 0 amide bonds. The zero-order chi connectivity index (χ0) is 9.84. The van der Waals surface area contributed by atoms with E-state index in [9.17, 15) is 4.79 Å². The maximum atomic E-state index is 11.7. The van der Waals surface area contributed by atoms with Crippen molar-refractivity contribution in [1.29, 1.82) is 0 Å². The summed E-state index contributed by atoms with van der Waals surface area (Å²) >= 11 is 0. The molecule has 0 heterocycles. The Kier molecular flexibility index (Phi) is 5.43. The fraction of sp³-hybridized carbons (Fsp3) is 0.364. The first-order chi connectivity index (χ1) is 6.13. The van der Waals surface area contributed by atoms with Gasteiger partial charge in [0, 0.05) is 5.56 Å². The van der Waals surface area contributed by atoms with Gasteiger partial charge in [-0.15, -0.1) is 12.4 Å². The summed E-state index contributed by atoms with van der Waals surface area (Å²) in [5, 5.41) is 0. The van der Waals surface area contributed by atoms with Gasteiger partial charge in [0.15, 0.2) is 5.78 Å². The highest BCUT2D eigenvalue weighted by Crippen LogP contribution is 2.05. The third kappa shape index (κ3) is 3.13. The molecule has 0 N–H and O–H groups in total. The van der Waals surface area contributed by atoms with Crippen LogP contribution < -0.4 is 0 Å². The number of Topliss-reactive ketones (excluding diaryl/α,β-unsaturated/α-hetero) is 1. The molecule has 0 aromatic heterocycles. The summed E-state index contributed by atoms with van der Waals surface area (Å²) in [6.45, 7) is 1.91. The van der Waals surface area contributed by atoms with Crippen molar-refractivity contribution in [1.82, 2.24) is 4.90 Å². The molecule has 0 saturated carbocycles. The lowest BCUT2D eigenvalue weighted by atomic mass is 10.1. The van der Waals surface area contributed by atoms with Gasteiger partial charge < -0.3 is 0 Å². The lowest BCUT2D eigenvalue weighted by molar-refractivity contribution is 0.0890. The fourth-order valence-corrected chi connectivity index (χ4v) is 1.08. The van der Waals surface area contributed by atoms with E-state index in [4.69, 9.17) is 0 Å². The first-order valence-corrected chi connectivity index (χ1v) is 4.38. The molecule has 0 saturated heterocycles. The lowest BCUT2D eigenvalue weighted by Gasteiger charge is -2.17. The van der Waals surface area contributed by atoms with Crippen LogP contribution in [0.3, 0.4) is 0 Å². The number of carbonyl (C=O) groups excluding carboxylic acids is 1. The minimum Gasteiger partial charge on any atom is -0.300 e. The van der Waals surface area contributed by atoms with Crippen LogP contribution in [-0.4, -0.2) is 30.8 Å². The summed E-state index contributed by atoms with van der Waals surface area (Å²) in [7, 11) is 3.82. The van der Waals surface area contributed by atoms with Gasteiger partial charge in [-0.1, -0.05) is 30.3 Å². The fourth-order valence-electron chi connectivity index (χ4n) is 1.08. The number of likely N-dealkylation sites (N-methyl/N-ethyl adjacent to an activating group) is 1. The second-order valence-electron chi connectivity index (χ2n) is 3.37. The van der Waals surface area contributed by atoms with Crippen LogP contribution in [0.15, 0.2) is 30.3 Å². The first kappa shape index (κ1) is 13.1. The molecule has 0 bridgehead atoms. The molecule has 78 valence electrons. The Labute approximate surface area is 91.3 Å². The number of halogens is 1. The molecule has 2 nitrogen and oxygen atoms in total. The molecule has 1 rings (SSSR count). The van der Waals surface area contributed by atoms with Gasteiger partial charge in [0.05, 0.1) is 6.04 Å². The van der Waals surface area contributed by atoms with E-state index in [0.717, 1.165) is 5.56 Å². The molecule has 0 aliphatic rings. The van der Waals surface area contributed by atoms with Crippen LogP contribution >= 0.6 is 12.4 Å². The quantitative estimate of drug-likeness (QED) is 0.718. The maximum absolute atomic E-state index is 11.7. The minimum atomic E-state index is -0.0533. The average molecular weight is 214 g/mol. The Morgan fingerprint density at radius 2 is 1.71 bits per heavy atom. The summed E-state index contributed by atoms with van der Waals surface area (Å²) < 4.78 is 0. The monoisotopic (exact) mass is 213 g/mol. The van der Waals surface area contributed by atoms with Gasteiger partial charge in [0.25, 0.3) is 0 Å². The van der Waals surface area contributed by atoms with Crippen molar-refractivity contribution in [2.24, 2.45) is 0 Å². The molecular weight excluding hydrogens is 198 g/mol. The predicted molar refractivity (Wildman–Crippen MR) is 61.2 cm³/mol. The minimum absolute atomic E-state index is 0. The molecule has 0 aliphatic heterocycles. The highest BCUT2D eigenvalue weighted by Gasteiger charge is 2.15. The Hall–Kier alpha value is -0.860. The van der Waals surface area contributed by atoms with Crippen molar-refractivity contribution < 1.29 is 4.79 Å². The molecule has 0 fully saturated rings. The third-order valence-corrected chi connectivity index (χ3v) is 2.21. The Balaban J connectivity index is 0.00000169. The predicted octanol–water partition coefficient (Wildman–Crippen LogP) is 2.24. The van der Waals surface area contributed by atoms with E-state index in [1.54, 1.807) is 0 Å². The SMILES string of the molecule is C[C@H](C(=O)c1ccccc1)N(C)C.Cl. The van der Waals surface area contributed by atoms with Crippen molar-refractivity contribution in [2.75, 3.05) is 14.1 Å². The van der Waals surface area contributed by atoms with Crippen LogP contribution in [-0.2, 0) is 0 Å². The highest BCUT2D eigenvalue weighted by molar-refractivity contribution is 5.99. The van der Waals surface area contributed by atoms with Gasteiger partial charge >= 0.3 is 0 Å². The number of ketones is 1. The maximum Gasteiger partial charge on any atom is 0.179 e. The van der Waals surface area contributed by atoms with E-state index < -0.39 is 0 Å². The van der Waals surface area contributed by atoms with E-state index in [2.05, 4.69) is 0 Å². The summed E-state index contributed by atoms with van der Waals surface area (Å²) in [5.74, 6) is 0.172. The van der Waals surface area contributed by atoms with Crippen molar-refractivity contribution in [3.05, 3.63) is 35.9 Å². The molecule has 0 aliphatic carbocycles. The van der Waals surface area contributed by atoms with E-state index in [1.807, 2.05) is 56.3 Å². The molecule has 1 aromatic rings. The zero-order valence-electron chi connectivity index (χ0n) is 8.73. The van der Waals surface area contributed by atoms with Gasteiger partial charge in [-0.25, -0.2) is 0 Å². The Bertz CT molecular complexity index is 285.